The van der Waals surface area contributed by atoms with Crippen LogP contribution in [0.1, 0.15) is 13.8 Å². The summed E-state index contributed by atoms with van der Waals surface area (Å²) in [7, 11) is 1.48. The molecule has 0 saturated heterocycles. The number of hydrogen-bond acceptors (Lipinski definition) is 8. The molecule has 0 radical (unpaired) electrons. The minimum absolute atomic E-state index is 0.0422. The molecule has 13 heteroatoms. The van der Waals surface area contributed by atoms with Crippen LogP contribution in [0, 0.1) is 5.92 Å². The number of halogens is 1. The predicted molar refractivity (Wildman–Crippen MR) is 124 cm³/mol. The third-order valence-corrected chi connectivity index (χ3v) is 5.53. The van der Waals surface area contributed by atoms with Gasteiger partial charge in [-0.25, -0.2) is 14.8 Å². The smallest absolute Gasteiger partial charge is 0.330 e. The maximum absolute atomic E-state index is 13.1. The van der Waals surface area contributed by atoms with E-state index in [-0.39, 0.29) is 36.3 Å². The summed E-state index contributed by atoms with van der Waals surface area (Å²) < 4.78 is 6.35. The number of imidazole rings is 1. The first-order chi connectivity index (χ1) is 15.2. The van der Waals surface area contributed by atoms with Gasteiger partial charge in [0.1, 0.15) is 5.82 Å². The van der Waals surface area contributed by atoms with Gasteiger partial charge in [0, 0.05) is 26.4 Å². The average Bonchev–Trinajstić information content (AvgIpc) is 3.13. The molecule has 3 heterocycles. The molecular formula is C19H24ClN7O4S. The molecule has 172 valence electrons. The van der Waals surface area contributed by atoms with Crippen molar-refractivity contribution in [3.63, 3.8) is 0 Å². The van der Waals surface area contributed by atoms with Crippen molar-refractivity contribution >= 4 is 51.9 Å². The highest BCUT2D eigenvalue weighted by Crippen LogP contribution is 2.23. The van der Waals surface area contributed by atoms with Crippen LogP contribution in [-0.2, 0) is 16.1 Å². The van der Waals surface area contributed by atoms with Gasteiger partial charge >= 0.3 is 5.69 Å². The number of pyridine rings is 1. The highest BCUT2D eigenvalue weighted by Gasteiger charge is 2.24. The number of hydrogen-bond donors (Lipinski definition) is 3. The predicted octanol–water partition coefficient (Wildman–Crippen LogP) is 1.47. The number of nitrogens with one attached hydrogen (secondary N) is 2. The van der Waals surface area contributed by atoms with E-state index >= 15 is 0 Å². The van der Waals surface area contributed by atoms with Crippen molar-refractivity contribution in [1.29, 1.82) is 0 Å². The number of rotatable bonds is 9. The molecule has 1 amide bonds. The molecule has 0 bridgehead atoms. The topological polar surface area (TPSA) is 152 Å². The van der Waals surface area contributed by atoms with E-state index in [9.17, 15) is 14.4 Å². The summed E-state index contributed by atoms with van der Waals surface area (Å²) in [4.78, 5) is 52.9. The molecule has 0 aliphatic heterocycles. The van der Waals surface area contributed by atoms with Crippen molar-refractivity contribution in [2.24, 2.45) is 5.92 Å². The van der Waals surface area contributed by atoms with Crippen LogP contribution in [-0.4, -0.2) is 56.4 Å². The summed E-state index contributed by atoms with van der Waals surface area (Å²) in [5, 5.41) is 0.937. The SMILES string of the molecule is COCCN(C(=O)CSc1nc2ncc(Cl)cc2[nH]1)c1c(N)n(CC(C)C)c(=O)[nH]c1=O. The van der Waals surface area contributed by atoms with Crippen molar-refractivity contribution in [3.8, 4) is 0 Å². The molecule has 3 aromatic rings. The molecule has 0 unspecified atom stereocenters. The van der Waals surface area contributed by atoms with Gasteiger partial charge in [0.15, 0.2) is 16.5 Å². The van der Waals surface area contributed by atoms with Crippen molar-refractivity contribution in [1.82, 2.24) is 24.5 Å². The van der Waals surface area contributed by atoms with Gasteiger partial charge in [-0.3, -0.25) is 19.1 Å². The Morgan fingerprint density at radius 2 is 2.12 bits per heavy atom. The van der Waals surface area contributed by atoms with E-state index in [1.165, 1.54) is 22.8 Å². The van der Waals surface area contributed by atoms with E-state index < -0.39 is 17.2 Å². The Hall–Kier alpha value is -2.83. The minimum Gasteiger partial charge on any atom is -0.383 e. The van der Waals surface area contributed by atoms with E-state index in [0.29, 0.717) is 27.9 Å². The second kappa shape index (κ2) is 10.2. The number of H-pyrrole nitrogens is 2. The maximum Gasteiger partial charge on any atom is 0.330 e. The Morgan fingerprint density at radius 3 is 2.81 bits per heavy atom. The summed E-state index contributed by atoms with van der Waals surface area (Å²) in [5.74, 6) is -0.406. The maximum atomic E-state index is 13.1. The van der Waals surface area contributed by atoms with Gasteiger partial charge in [0.05, 0.1) is 22.9 Å². The molecule has 3 aromatic heterocycles. The number of nitrogens with two attached hydrogens (primary N) is 1. The van der Waals surface area contributed by atoms with E-state index in [1.807, 2.05) is 13.8 Å². The van der Waals surface area contributed by atoms with Crippen molar-refractivity contribution in [3.05, 3.63) is 38.1 Å². The zero-order valence-corrected chi connectivity index (χ0v) is 19.4. The number of aromatic amines is 2. The number of carbonyl (C=O) groups is 1. The van der Waals surface area contributed by atoms with Crippen molar-refractivity contribution < 1.29 is 9.53 Å². The number of aromatic nitrogens is 5. The number of methoxy groups -OCH3 is 1. The van der Waals surface area contributed by atoms with E-state index in [2.05, 4.69) is 19.9 Å². The second-order valence-corrected chi connectivity index (χ2v) is 8.79. The van der Waals surface area contributed by atoms with Crippen molar-refractivity contribution in [2.45, 2.75) is 25.5 Å². The van der Waals surface area contributed by atoms with Crippen LogP contribution in [0.3, 0.4) is 0 Å². The van der Waals surface area contributed by atoms with Gasteiger partial charge in [-0.1, -0.05) is 37.2 Å². The first-order valence-corrected chi connectivity index (χ1v) is 11.1. The van der Waals surface area contributed by atoms with E-state index in [1.54, 1.807) is 6.07 Å². The number of nitrogens with zero attached hydrogens (tertiary/aromatic N) is 4. The third kappa shape index (κ3) is 5.31. The quantitative estimate of drug-likeness (QED) is 0.388. The molecule has 32 heavy (non-hydrogen) atoms. The molecule has 4 N–H and O–H groups in total. The molecule has 0 saturated carbocycles. The van der Waals surface area contributed by atoms with Crippen LogP contribution >= 0.6 is 23.4 Å². The Bertz CT molecular complexity index is 1240. The Balaban J connectivity index is 1.89. The first-order valence-electron chi connectivity index (χ1n) is 9.77. The summed E-state index contributed by atoms with van der Waals surface area (Å²) in [6, 6.07) is 1.69. The second-order valence-electron chi connectivity index (χ2n) is 7.39. The molecule has 3 rings (SSSR count). The molecule has 11 nitrogen and oxygen atoms in total. The summed E-state index contributed by atoms with van der Waals surface area (Å²) >= 11 is 7.08. The van der Waals surface area contributed by atoms with E-state index in [4.69, 9.17) is 22.1 Å². The lowest BCUT2D eigenvalue weighted by molar-refractivity contribution is -0.116. The average molecular weight is 482 g/mol. The van der Waals surface area contributed by atoms with Gasteiger partial charge in [0.2, 0.25) is 5.91 Å². The molecule has 0 atom stereocenters. The zero-order chi connectivity index (χ0) is 23.4. The molecule has 0 aliphatic carbocycles. The lowest BCUT2D eigenvalue weighted by Gasteiger charge is -2.24. The standard InChI is InChI=1S/C19H24ClN7O4S/c1-10(2)8-27-15(21)14(17(29)25-19(27)30)26(4-5-31-3)13(28)9-32-18-23-12-6-11(20)7-22-16(12)24-18/h6-7,10H,4-5,8-9,21H2,1-3H3,(H,22,23,24)(H,25,29,30). The van der Waals surface area contributed by atoms with E-state index in [0.717, 1.165) is 11.8 Å². The minimum atomic E-state index is -0.732. The van der Waals surface area contributed by atoms with Crippen LogP contribution in [0.4, 0.5) is 11.5 Å². The first kappa shape index (κ1) is 23.8. The van der Waals surface area contributed by atoms with Gasteiger partial charge < -0.3 is 20.4 Å². The Morgan fingerprint density at radius 1 is 1.38 bits per heavy atom. The Kier molecular flexibility index (Phi) is 7.59. The number of nitrogen functional groups attached to an aromatic ring is 1. The molecule has 0 aromatic carbocycles. The number of thioether (sulfide) groups is 1. The lowest BCUT2D eigenvalue weighted by Crippen LogP contribution is -2.43. The number of anilines is 2. The monoisotopic (exact) mass is 481 g/mol. The summed E-state index contributed by atoms with van der Waals surface area (Å²) in [6.45, 7) is 4.38. The van der Waals surface area contributed by atoms with Gasteiger partial charge in [-0.15, -0.1) is 0 Å². The highest BCUT2D eigenvalue weighted by atomic mass is 35.5. The fraction of sp³-hybridized carbons (Fsp3) is 0.421. The molecule has 0 aliphatic rings. The highest BCUT2D eigenvalue weighted by molar-refractivity contribution is 7.99. The van der Waals surface area contributed by atoms with Crippen LogP contribution in [0.15, 0.2) is 27.0 Å². The third-order valence-electron chi connectivity index (χ3n) is 4.47. The molecular weight excluding hydrogens is 458 g/mol. The zero-order valence-electron chi connectivity index (χ0n) is 17.8. The van der Waals surface area contributed by atoms with Crippen LogP contribution < -0.4 is 21.9 Å². The van der Waals surface area contributed by atoms with Crippen LogP contribution in [0.5, 0.6) is 0 Å². The van der Waals surface area contributed by atoms with Crippen LogP contribution in [0.2, 0.25) is 5.02 Å². The Labute approximate surface area is 192 Å². The summed E-state index contributed by atoms with van der Waals surface area (Å²) in [5.41, 5.74) is 5.87. The molecule has 0 spiro atoms. The fourth-order valence-corrected chi connectivity index (χ4v) is 3.96. The lowest BCUT2D eigenvalue weighted by atomic mass is 10.2. The van der Waals surface area contributed by atoms with Crippen molar-refractivity contribution in [2.75, 3.05) is 36.6 Å². The fourth-order valence-electron chi connectivity index (χ4n) is 3.06. The van der Waals surface area contributed by atoms with Gasteiger partial charge in [-0.2, -0.15) is 0 Å². The number of ether oxygens (including phenoxy) is 1. The summed E-state index contributed by atoms with van der Waals surface area (Å²) in [6.07, 6.45) is 1.48. The van der Waals surface area contributed by atoms with Gasteiger partial charge in [0.25, 0.3) is 5.56 Å². The largest absolute Gasteiger partial charge is 0.383 e. The number of amides is 1. The number of carbonyl (C=O) groups excluding carboxylic acids is 1. The molecule has 0 fully saturated rings. The number of fused-ring (bicyclic) bond motifs is 1. The van der Waals surface area contributed by atoms with Gasteiger partial charge in [-0.05, 0) is 12.0 Å². The normalized spacial score (nSPS) is 11.4. The van der Waals surface area contributed by atoms with Crippen LogP contribution in [0.25, 0.3) is 11.2 Å².